The maximum absolute atomic E-state index is 10.4. The van der Waals surface area contributed by atoms with Gasteiger partial charge in [-0.1, -0.05) is 0 Å². The van der Waals surface area contributed by atoms with E-state index in [0.717, 1.165) is 0 Å². The van der Waals surface area contributed by atoms with Crippen LogP contribution in [0.25, 0.3) is 0 Å². The summed E-state index contributed by atoms with van der Waals surface area (Å²) in [6, 6.07) is 9.54. The van der Waals surface area contributed by atoms with E-state index in [9.17, 15) is 13.2 Å². The molecule has 0 atom stereocenters. The van der Waals surface area contributed by atoms with E-state index in [2.05, 4.69) is 11.2 Å². The largest absolute Gasteiger partial charge is 1.00 e. The predicted octanol–water partition coefficient (Wildman–Crippen LogP) is -2.55. The van der Waals surface area contributed by atoms with Crippen LogP contribution in [-0.2, 0) is 17.2 Å². The van der Waals surface area contributed by atoms with Gasteiger partial charge in [0, 0.05) is 19.3 Å². The van der Waals surface area contributed by atoms with Gasteiger partial charge in [-0.25, -0.2) is 8.42 Å². The molecule has 1 heterocycles. The van der Waals surface area contributed by atoms with Crippen LogP contribution in [0.15, 0.2) is 46.2 Å². The number of H-pyrrole nitrogens is 1. The minimum absolute atomic E-state index is 0. The Labute approximate surface area is 127 Å². The van der Waals surface area contributed by atoms with Gasteiger partial charge in [-0.2, -0.15) is 30.3 Å². The van der Waals surface area contributed by atoms with E-state index < -0.39 is 10.1 Å². The van der Waals surface area contributed by atoms with Crippen LogP contribution < -0.4 is 35.1 Å². The summed E-state index contributed by atoms with van der Waals surface area (Å²) in [5.41, 5.74) is -0.0532. The van der Waals surface area contributed by atoms with Crippen molar-refractivity contribution in [3.63, 3.8) is 0 Å². The summed E-state index contributed by atoms with van der Waals surface area (Å²) in [6.45, 7) is 0. The second-order valence-electron chi connectivity index (χ2n) is 3.12. The molecule has 18 heavy (non-hydrogen) atoms. The van der Waals surface area contributed by atoms with Gasteiger partial charge in [0.2, 0.25) is 10.1 Å². The first-order valence-corrected chi connectivity index (χ1v) is 5.99. The molecule has 1 aromatic carbocycles. The summed E-state index contributed by atoms with van der Waals surface area (Å²) in [5.74, 6) is 0. The summed E-state index contributed by atoms with van der Waals surface area (Å²) >= 11 is 0. The van der Waals surface area contributed by atoms with Crippen molar-refractivity contribution in [2.75, 3.05) is 0 Å². The normalized spacial score (nSPS) is 9.89. The minimum atomic E-state index is -4.03. The summed E-state index contributed by atoms with van der Waals surface area (Å²) < 4.78 is 30.8. The average Bonchev–Trinajstić information content (AvgIpc) is 2.63. The summed E-state index contributed by atoms with van der Waals surface area (Å²) in [7, 11) is -2.27. The van der Waals surface area contributed by atoms with Crippen LogP contribution in [0.5, 0.6) is 0 Å². The number of nitrogens with zero attached hydrogens (tertiary/aromatic N) is 1. The molecule has 0 aliphatic heterocycles. The number of nitrogens with one attached hydrogen (secondary N) is 1. The van der Waals surface area contributed by atoms with E-state index in [1.165, 1.54) is 24.3 Å². The third kappa shape index (κ3) is 6.18. The fraction of sp³-hybridized carbons (Fsp3) is 0.100. The Balaban J connectivity index is 0.000000321. The molecule has 6 nitrogen and oxygen atoms in total. The Morgan fingerprint density at radius 2 is 2.06 bits per heavy atom. The number of aryl methyl sites for hydroxylation is 1. The number of hydrogen-bond donors (Lipinski definition) is 2. The first-order chi connectivity index (χ1) is 7.89. The van der Waals surface area contributed by atoms with Crippen molar-refractivity contribution < 1.29 is 42.5 Å². The molecule has 2 aromatic rings. The number of aromatic amines is 1. The topological polar surface area (TPSA) is 92.2 Å². The summed E-state index contributed by atoms with van der Waals surface area (Å²) in [4.78, 5) is 10.1. The Bertz CT molecular complexity index is 619. The van der Waals surface area contributed by atoms with Gasteiger partial charge in [-0.15, -0.1) is 0 Å². The van der Waals surface area contributed by atoms with Crippen molar-refractivity contribution in [3.8, 4) is 0 Å². The Morgan fingerprint density at radius 1 is 1.39 bits per heavy atom. The molecular formula is C10H11N2NaO4S. The maximum atomic E-state index is 10.4. The second kappa shape index (κ2) is 7.55. The van der Waals surface area contributed by atoms with Gasteiger partial charge in [-0.05, 0) is 4.90 Å². The first kappa shape index (κ1) is 17.1. The van der Waals surface area contributed by atoms with Gasteiger partial charge < -0.3 is 0 Å². The Hall–Kier alpha value is -0.860. The van der Waals surface area contributed by atoms with Crippen LogP contribution in [0.1, 0.15) is 0 Å². The van der Waals surface area contributed by atoms with Crippen molar-refractivity contribution in [2.24, 2.45) is 7.05 Å². The zero-order chi connectivity index (χ0) is 12.9. The molecular weight excluding hydrogens is 267 g/mol. The standard InChI is InChI=1S/C6H5O3S.C4H6N2O.Na/c7-10(8,9)6-4-2-1-3-5-6;1-6-3-2-4(7)5-6;/h1-2,4-5H,(H,7,8,9);2-3H,1H3,(H,5,7);/q-1;;+1. The van der Waals surface area contributed by atoms with Crippen LogP contribution >= 0.6 is 0 Å². The quantitative estimate of drug-likeness (QED) is 0.341. The van der Waals surface area contributed by atoms with Crippen molar-refractivity contribution in [1.82, 2.24) is 9.78 Å². The molecule has 0 spiro atoms. The molecule has 1 aromatic heterocycles. The van der Waals surface area contributed by atoms with E-state index in [4.69, 9.17) is 4.55 Å². The van der Waals surface area contributed by atoms with Crippen LogP contribution in [0.3, 0.4) is 0 Å². The summed E-state index contributed by atoms with van der Waals surface area (Å²) in [5, 5.41) is 2.50. The number of hydrogen-bond acceptors (Lipinski definition) is 3. The van der Waals surface area contributed by atoms with E-state index in [-0.39, 0.29) is 40.0 Å². The molecule has 0 unspecified atom stereocenters. The number of benzene rings is 1. The zero-order valence-electron chi connectivity index (χ0n) is 9.99. The van der Waals surface area contributed by atoms with Gasteiger partial charge >= 0.3 is 29.6 Å². The second-order valence-corrected chi connectivity index (χ2v) is 4.54. The van der Waals surface area contributed by atoms with Gasteiger partial charge in [0.05, 0.1) is 0 Å². The molecule has 92 valence electrons. The number of rotatable bonds is 1. The van der Waals surface area contributed by atoms with E-state index in [0.29, 0.717) is 0 Å². The smallest absolute Gasteiger partial charge is 0.295 e. The van der Waals surface area contributed by atoms with Crippen molar-refractivity contribution >= 4 is 10.1 Å². The molecule has 0 saturated heterocycles. The molecule has 0 saturated carbocycles. The van der Waals surface area contributed by atoms with E-state index >= 15 is 0 Å². The molecule has 8 heteroatoms. The van der Waals surface area contributed by atoms with E-state index in [1.807, 2.05) is 0 Å². The van der Waals surface area contributed by atoms with Crippen LogP contribution in [0, 0.1) is 6.07 Å². The third-order valence-electron chi connectivity index (χ3n) is 1.71. The van der Waals surface area contributed by atoms with Crippen LogP contribution in [-0.4, -0.2) is 22.8 Å². The van der Waals surface area contributed by atoms with Gasteiger partial charge in [0.25, 0.3) is 5.56 Å². The molecule has 0 aliphatic carbocycles. The number of aromatic nitrogens is 2. The molecule has 2 rings (SSSR count). The van der Waals surface area contributed by atoms with Crippen LogP contribution in [0.4, 0.5) is 0 Å². The van der Waals surface area contributed by atoms with E-state index in [1.54, 1.807) is 24.0 Å². The first-order valence-electron chi connectivity index (χ1n) is 4.55. The molecule has 0 bridgehead atoms. The Morgan fingerprint density at radius 3 is 2.28 bits per heavy atom. The Kier molecular flexibility index (Phi) is 7.19. The zero-order valence-corrected chi connectivity index (χ0v) is 12.8. The average molecular weight is 278 g/mol. The van der Waals surface area contributed by atoms with Crippen LogP contribution in [0.2, 0.25) is 0 Å². The molecule has 0 radical (unpaired) electrons. The van der Waals surface area contributed by atoms with Crippen molar-refractivity contribution in [1.29, 1.82) is 0 Å². The maximum Gasteiger partial charge on any atom is 1.00 e. The minimum Gasteiger partial charge on any atom is -0.295 e. The van der Waals surface area contributed by atoms with Crippen molar-refractivity contribution in [3.05, 3.63) is 52.9 Å². The fourth-order valence-electron chi connectivity index (χ4n) is 0.965. The third-order valence-corrected chi connectivity index (χ3v) is 2.56. The van der Waals surface area contributed by atoms with Gasteiger partial charge in [0.1, 0.15) is 0 Å². The molecule has 0 aliphatic rings. The molecule has 2 N–H and O–H groups in total. The fourth-order valence-corrected chi connectivity index (χ4v) is 1.43. The monoisotopic (exact) mass is 278 g/mol. The molecule has 0 amide bonds. The summed E-state index contributed by atoms with van der Waals surface area (Å²) in [6.07, 6.45) is 1.67. The molecule has 0 fully saturated rings. The van der Waals surface area contributed by atoms with Gasteiger partial charge in [0.15, 0.2) is 0 Å². The predicted molar refractivity (Wildman–Crippen MR) is 61.1 cm³/mol. The SMILES string of the molecule is Cn1ccc(=O)[nH]1.O=S(=O)(O)c1c[c-]ccc1.[Na+]. The van der Waals surface area contributed by atoms with Gasteiger partial charge in [-0.3, -0.25) is 19.1 Å². The van der Waals surface area contributed by atoms with Crippen molar-refractivity contribution in [2.45, 2.75) is 4.90 Å².